The minimum Gasteiger partial charge on any atom is -0.492 e. The van der Waals surface area contributed by atoms with Crippen LogP contribution in [0.5, 0.6) is 5.75 Å². The molecule has 1 fully saturated rings. The van der Waals surface area contributed by atoms with Crippen molar-refractivity contribution >= 4 is 11.6 Å². The molecule has 0 unspecified atom stereocenters. The Balaban J connectivity index is 1.86. The van der Waals surface area contributed by atoms with Crippen molar-refractivity contribution in [1.29, 1.82) is 0 Å². The largest absolute Gasteiger partial charge is 0.492 e. The van der Waals surface area contributed by atoms with Gasteiger partial charge in [0.2, 0.25) is 5.91 Å². The monoisotopic (exact) mass is 357 g/mol. The Morgan fingerprint density at radius 3 is 2.77 bits per heavy atom. The molecule has 1 saturated carbocycles. The lowest BCUT2D eigenvalue weighted by atomic mass is 10.0. The summed E-state index contributed by atoms with van der Waals surface area (Å²) in [5.41, 5.74) is 3.40. The van der Waals surface area contributed by atoms with E-state index in [1.54, 1.807) is 0 Å². The molecule has 1 aliphatic carbocycles. The van der Waals surface area contributed by atoms with Crippen LogP contribution < -0.4 is 10.1 Å². The number of aryl methyl sites for hydroxylation is 2. The number of hydrogen-bond acceptors (Lipinski definition) is 5. The van der Waals surface area contributed by atoms with Gasteiger partial charge >= 0.3 is 0 Å². The van der Waals surface area contributed by atoms with Crippen molar-refractivity contribution in [2.24, 2.45) is 5.92 Å². The summed E-state index contributed by atoms with van der Waals surface area (Å²) in [6, 6.07) is 5.75. The molecule has 1 aromatic carbocycles. The maximum atomic E-state index is 12.1. The number of anilines is 1. The molecular weight excluding hydrogens is 330 g/mol. The molecule has 6 nitrogen and oxygen atoms in total. The fourth-order valence-corrected chi connectivity index (χ4v) is 2.86. The van der Waals surface area contributed by atoms with E-state index in [9.17, 15) is 4.79 Å². The number of carbonyl (C=O) groups excluding carboxylic acids is 1. The highest BCUT2D eigenvalue weighted by atomic mass is 16.5. The number of nitrogens with one attached hydrogen (secondary N) is 1. The maximum Gasteiger partial charge on any atom is 0.227 e. The average molecular weight is 357 g/mol. The highest BCUT2D eigenvalue weighted by Crippen LogP contribution is 2.37. The highest BCUT2D eigenvalue weighted by Gasteiger charge is 2.29. The van der Waals surface area contributed by atoms with Crippen LogP contribution in [-0.2, 0) is 4.79 Å². The molecule has 0 atom stereocenters. The lowest BCUT2D eigenvalue weighted by Crippen LogP contribution is -2.23. The lowest BCUT2D eigenvalue weighted by Gasteiger charge is -2.17. The van der Waals surface area contributed by atoms with E-state index in [-0.39, 0.29) is 11.8 Å². The molecule has 0 radical (unpaired) electrons. The summed E-state index contributed by atoms with van der Waals surface area (Å²) in [5, 5.41) is 7.06. The molecule has 0 spiro atoms. The molecule has 140 valence electrons. The van der Waals surface area contributed by atoms with Gasteiger partial charge in [0.05, 0.1) is 11.3 Å². The van der Waals surface area contributed by atoms with Crippen LogP contribution in [0.1, 0.15) is 31.2 Å². The predicted molar refractivity (Wildman–Crippen MR) is 101 cm³/mol. The van der Waals surface area contributed by atoms with Crippen LogP contribution in [-0.4, -0.2) is 42.7 Å². The molecule has 2 aromatic rings. The van der Waals surface area contributed by atoms with E-state index in [4.69, 9.17) is 9.26 Å². The van der Waals surface area contributed by atoms with E-state index in [0.717, 1.165) is 59.9 Å². The number of ether oxygens (including phenoxy) is 1. The molecule has 1 N–H and O–H groups in total. The molecule has 0 bridgehead atoms. The van der Waals surface area contributed by atoms with Gasteiger partial charge in [-0.25, -0.2) is 0 Å². The van der Waals surface area contributed by atoms with Crippen LogP contribution in [0.4, 0.5) is 5.69 Å². The number of nitrogens with zero attached hydrogens (tertiary/aromatic N) is 2. The van der Waals surface area contributed by atoms with Gasteiger partial charge in [0.15, 0.2) is 0 Å². The zero-order chi connectivity index (χ0) is 18.7. The quantitative estimate of drug-likeness (QED) is 0.781. The zero-order valence-electron chi connectivity index (χ0n) is 16.0. The summed E-state index contributed by atoms with van der Waals surface area (Å²) >= 11 is 0. The topological polar surface area (TPSA) is 67.6 Å². The van der Waals surface area contributed by atoms with Gasteiger partial charge < -0.3 is 19.5 Å². The molecule has 1 aliphatic rings. The third kappa shape index (κ3) is 4.25. The van der Waals surface area contributed by atoms with Gasteiger partial charge in [-0.15, -0.1) is 0 Å². The van der Waals surface area contributed by atoms with Crippen molar-refractivity contribution in [2.45, 2.75) is 33.6 Å². The van der Waals surface area contributed by atoms with E-state index >= 15 is 0 Å². The van der Waals surface area contributed by atoms with Gasteiger partial charge in [-0.3, -0.25) is 4.79 Å². The predicted octanol–water partition coefficient (Wildman–Crippen LogP) is 3.64. The highest BCUT2D eigenvalue weighted by molar-refractivity contribution is 5.95. The molecule has 6 heteroatoms. The van der Waals surface area contributed by atoms with Crippen LogP contribution in [0.3, 0.4) is 0 Å². The van der Waals surface area contributed by atoms with Crippen molar-refractivity contribution in [2.75, 3.05) is 32.1 Å². The first-order chi connectivity index (χ1) is 12.5. The van der Waals surface area contributed by atoms with E-state index < -0.39 is 0 Å². The Hall–Kier alpha value is -2.34. The van der Waals surface area contributed by atoms with Crippen LogP contribution in [0.25, 0.3) is 11.1 Å². The summed E-state index contributed by atoms with van der Waals surface area (Å²) in [7, 11) is 2.06. The minimum atomic E-state index is 0.0907. The summed E-state index contributed by atoms with van der Waals surface area (Å²) in [5.74, 6) is 1.77. The molecule has 0 saturated heterocycles. The van der Waals surface area contributed by atoms with Crippen LogP contribution >= 0.6 is 0 Å². The van der Waals surface area contributed by atoms with Crippen molar-refractivity contribution in [3.63, 3.8) is 0 Å². The molecule has 1 aromatic heterocycles. The minimum absolute atomic E-state index is 0.0907. The van der Waals surface area contributed by atoms with E-state index in [0.29, 0.717) is 6.61 Å². The number of aromatic nitrogens is 1. The third-order valence-corrected chi connectivity index (χ3v) is 4.77. The maximum absolute atomic E-state index is 12.1. The van der Waals surface area contributed by atoms with Crippen molar-refractivity contribution in [3.8, 4) is 16.9 Å². The Labute approximate surface area is 154 Å². The van der Waals surface area contributed by atoms with Gasteiger partial charge in [0.1, 0.15) is 18.1 Å². The Kier molecular flexibility index (Phi) is 5.61. The molecule has 1 amide bonds. The normalized spacial score (nSPS) is 13.9. The number of amides is 1. The zero-order valence-corrected chi connectivity index (χ0v) is 16.0. The first-order valence-electron chi connectivity index (χ1n) is 9.19. The molecular formula is C20H27N3O3. The van der Waals surface area contributed by atoms with Crippen LogP contribution in [0.15, 0.2) is 22.7 Å². The Bertz CT molecular complexity index is 761. The van der Waals surface area contributed by atoms with Gasteiger partial charge in [-0.1, -0.05) is 12.1 Å². The number of hydrogen-bond donors (Lipinski definition) is 1. The summed E-state index contributed by atoms with van der Waals surface area (Å²) in [6.45, 7) is 8.33. The van der Waals surface area contributed by atoms with Crippen LogP contribution in [0.2, 0.25) is 0 Å². The third-order valence-electron chi connectivity index (χ3n) is 4.77. The van der Waals surface area contributed by atoms with Gasteiger partial charge in [0, 0.05) is 23.7 Å². The fraction of sp³-hybridized carbons (Fsp3) is 0.500. The van der Waals surface area contributed by atoms with Crippen molar-refractivity contribution in [3.05, 3.63) is 29.7 Å². The van der Waals surface area contributed by atoms with Gasteiger partial charge in [-0.05, 0) is 58.5 Å². The second-order valence-corrected chi connectivity index (χ2v) is 6.92. The molecule has 0 aliphatic heterocycles. The second kappa shape index (κ2) is 7.91. The lowest BCUT2D eigenvalue weighted by molar-refractivity contribution is -0.117. The summed E-state index contributed by atoms with van der Waals surface area (Å²) < 4.78 is 11.4. The Morgan fingerprint density at radius 2 is 2.15 bits per heavy atom. The molecule has 26 heavy (non-hydrogen) atoms. The number of rotatable bonds is 8. The van der Waals surface area contributed by atoms with Gasteiger partial charge in [0.25, 0.3) is 0 Å². The summed E-state index contributed by atoms with van der Waals surface area (Å²) in [6.07, 6.45) is 1.96. The summed E-state index contributed by atoms with van der Waals surface area (Å²) in [4.78, 5) is 14.3. The first-order valence-corrected chi connectivity index (χ1v) is 9.19. The molecule has 1 heterocycles. The smallest absolute Gasteiger partial charge is 0.227 e. The average Bonchev–Trinajstić information content (AvgIpc) is 3.42. The number of carbonyl (C=O) groups is 1. The SMILES string of the molecule is CCN(C)CCOc1ccc(NC(=O)C2CC2)cc1-c1c(C)noc1C. The second-order valence-electron chi connectivity index (χ2n) is 6.92. The number of benzene rings is 1. The number of likely N-dealkylation sites (N-methyl/N-ethyl adjacent to an activating group) is 1. The fourth-order valence-electron chi connectivity index (χ4n) is 2.86. The first kappa shape index (κ1) is 18.5. The van der Waals surface area contributed by atoms with E-state index in [1.807, 2.05) is 32.0 Å². The van der Waals surface area contributed by atoms with Crippen LogP contribution in [0, 0.1) is 19.8 Å². The van der Waals surface area contributed by atoms with Crippen molar-refractivity contribution < 1.29 is 14.1 Å². The van der Waals surface area contributed by atoms with Crippen molar-refractivity contribution in [1.82, 2.24) is 10.1 Å². The standard InChI is InChI=1S/C20H27N3O3/c1-5-23(4)10-11-25-18-9-8-16(21-20(24)15-6-7-15)12-17(18)19-13(2)22-26-14(19)3/h8-9,12,15H,5-7,10-11H2,1-4H3,(H,21,24). The van der Waals surface area contributed by atoms with E-state index in [1.165, 1.54) is 0 Å². The van der Waals surface area contributed by atoms with Gasteiger partial charge in [-0.2, -0.15) is 0 Å². The molecule has 3 rings (SSSR count). The Morgan fingerprint density at radius 1 is 1.38 bits per heavy atom. The van der Waals surface area contributed by atoms with E-state index in [2.05, 4.69) is 29.3 Å².